The molecule has 5 heteroatoms. The number of rotatable bonds is 6. The average molecular weight is 313 g/mol. The van der Waals surface area contributed by atoms with E-state index in [1.54, 1.807) is 23.5 Å². The zero-order chi connectivity index (χ0) is 15.3. The number of hydrogen-bond acceptors (Lipinski definition) is 2. The molecule has 0 saturated heterocycles. The number of halogens is 3. The van der Waals surface area contributed by atoms with Crippen LogP contribution in [0.5, 0.6) is 0 Å². The van der Waals surface area contributed by atoms with Crippen molar-refractivity contribution in [2.24, 2.45) is 0 Å². The standard InChI is InChI=1S/C16H18F3NS/c1-2-8-20-15(10-12-7-9-21-11-12)13-3-5-14(6-4-13)16(17,18)19/h3-7,9,11,15,20H,2,8,10H2,1H3. The van der Waals surface area contributed by atoms with Gasteiger partial charge in [-0.2, -0.15) is 24.5 Å². The van der Waals surface area contributed by atoms with Crippen molar-refractivity contribution in [3.63, 3.8) is 0 Å². The molecule has 0 bridgehead atoms. The van der Waals surface area contributed by atoms with Crippen molar-refractivity contribution < 1.29 is 13.2 Å². The lowest BCUT2D eigenvalue weighted by Crippen LogP contribution is -2.24. The van der Waals surface area contributed by atoms with Crippen molar-refractivity contribution in [3.8, 4) is 0 Å². The number of benzene rings is 1. The van der Waals surface area contributed by atoms with Gasteiger partial charge >= 0.3 is 6.18 Å². The minimum atomic E-state index is -4.28. The Morgan fingerprint density at radius 3 is 2.38 bits per heavy atom. The Hall–Kier alpha value is -1.33. The molecule has 0 aliphatic carbocycles. The van der Waals surface area contributed by atoms with E-state index in [0.29, 0.717) is 0 Å². The topological polar surface area (TPSA) is 12.0 Å². The summed E-state index contributed by atoms with van der Waals surface area (Å²) in [5, 5.41) is 7.49. The van der Waals surface area contributed by atoms with E-state index in [4.69, 9.17) is 0 Å². The lowest BCUT2D eigenvalue weighted by Gasteiger charge is -2.19. The monoisotopic (exact) mass is 313 g/mol. The smallest absolute Gasteiger partial charge is 0.310 e. The van der Waals surface area contributed by atoms with E-state index in [0.717, 1.165) is 37.1 Å². The third-order valence-electron chi connectivity index (χ3n) is 3.30. The molecule has 0 saturated carbocycles. The van der Waals surface area contributed by atoms with Crippen molar-refractivity contribution >= 4 is 11.3 Å². The molecule has 0 spiro atoms. The first-order valence-corrected chi connectivity index (χ1v) is 7.86. The third kappa shape index (κ3) is 4.58. The molecule has 1 nitrogen and oxygen atoms in total. The minimum absolute atomic E-state index is 0.0434. The SMILES string of the molecule is CCCNC(Cc1ccsc1)c1ccc(C(F)(F)F)cc1. The van der Waals surface area contributed by atoms with E-state index in [9.17, 15) is 13.2 Å². The van der Waals surface area contributed by atoms with Gasteiger partial charge < -0.3 is 5.32 Å². The molecule has 0 amide bonds. The molecule has 1 aromatic heterocycles. The fourth-order valence-electron chi connectivity index (χ4n) is 2.18. The van der Waals surface area contributed by atoms with Crippen molar-refractivity contribution in [2.75, 3.05) is 6.54 Å². The van der Waals surface area contributed by atoms with Crippen LogP contribution in [0.2, 0.25) is 0 Å². The highest BCUT2D eigenvalue weighted by molar-refractivity contribution is 7.07. The lowest BCUT2D eigenvalue weighted by atomic mass is 9.99. The van der Waals surface area contributed by atoms with Crippen LogP contribution in [-0.4, -0.2) is 6.54 Å². The Morgan fingerprint density at radius 1 is 1.14 bits per heavy atom. The Labute approximate surface area is 126 Å². The summed E-state index contributed by atoms with van der Waals surface area (Å²) in [5.74, 6) is 0. The molecule has 1 aromatic carbocycles. The highest BCUT2D eigenvalue weighted by Gasteiger charge is 2.30. The molecule has 0 radical (unpaired) electrons. The normalized spacial score (nSPS) is 13.3. The molecule has 0 aliphatic heterocycles. The van der Waals surface area contributed by atoms with Crippen molar-refractivity contribution in [2.45, 2.75) is 32.0 Å². The fourth-order valence-corrected chi connectivity index (χ4v) is 2.86. The first-order valence-electron chi connectivity index (χ1n) is 6.92. The maximum absolute atomic E-state index is 12.6. The molecule has 2 aromatic rings. The van der Waals surface area contributed by atoms with Crippen LogP contribution in [-0.2, 0) is 12.6 Å². The van der Waals surface area contributed by atoms with Crippen LogP contribution in [0, 0.1) is 0 Å². The van der Waals surface area contributed by atoms with Gasteiger partial charge in [0.1, 0.15) is 0 Å². The van der Waals surface area contributed by atoms with Gasteiger partial charge in [0.2, 0.25) is 0 Å². The molecule has 21 heavy (non-hydrogen) atoms. The molecular formula is C16H18F3NS. The summed E-state index contributed by atoms with van der Waals surface area (Å²) in [6.07, 6.45) is -2.51. The molecule has 2 rings (SSSR count). The Morgan fingerprint density at radius 2 is 1.86 bits per heavy atom. The van der Waals surface area contributed by atoms with Gasteiger partial charge in [-0.25, -0.2) is 0 Å². The van der Waals surface area contributed by atoms with E-state index in [1.807, 2.05) is 5.38 Å². The van der Waals surface area contributed by atoms with Crippen molar-refractivity contribution in [3.05, 3.63) is 57.8 Å². The van der Waals surface area contributed by atoms with Crippen LogP contribution in [0.4, 0.5) is 13.2 Å². The van der Waals surface area contributed by atoms with Crippen LogP contribution in [0.3, 0.4) is 0 Å². The van der Waals surface area contributed by atoms with Gasteiger partial charge in [0, 0.05) is 6.04 Å². The number of hydrogen-bond donors (Lipinski definition) is 1. The van der Waals surface area contributed by atoms with E-state index in [-0.39, 0.29) is 6.04 Å². The first kappa shape index (κ1) is 16.0. The van der Waals surface area contributed by atoms with Gasteiger partial charge in [-0.1, -0.05) is 19.1 Å². The number of thiophene rings is 1. The highest BCUT2D eigenvalue weighted by atomic mass is 32.1. The van der Waals surface area contributed by atoms with E-state index in [2.05, 4.69) is 23.7 Å². The summed E-state index contributed by atoms with van der Waals surface area (Å²) in [6, 6.07) is 7.55. The van der Waals surface area contributed by atoms with Crippen LogP contribution in [0.25, 0.3) is 0 Å². The second-order valence-corrected chi connectivity index (χ2v) is 5.74. The molecule has 1 unspecified atom stereocenters. The molecule has 1 N–H and O–H groups in total. The second-order valence-electron chi connectivity index (χ2n) is 4.96. The average Bonchev–Trinajstić information content (AvgIpc) is 2.95. The lowest BCUT2D eigenvalue weighted by molar-refractivity contribution is -0.137. The predicted octanol–water partition coefficient (Wildman–Crippen LogP) is 5.05. The van der Waals surface area contributed by atoms with Crippen molar-refractivity contribution in [1.82, 2.24) is 5.32 Å². The minimum Gasteiger partial charge on any atom is -0.310 e. The summed E-state index contributed by atoms with van der Waals surface area (Å²) in [6.45, 7) is 2.91. The van der Waals surface area contributed by atoms with Gasteiger partial charge in [-0.05, 0) is 59.5 Å². The van der Waals surface area contributed by atoms with Gasteiger partial charge in [0.25, 0.3) is 0 Å². The quantitative estimate of drug-likeness (QED) is 0.787. The summed E-state index contributed by atoms with van der Waals surface area (Å²) in [4.78, 5) is 0. The summed E-state index contributed by atoms with van der Waals surface area (Å²) in [7, 11) is 0. The molecule has 1 heterocycles. The van der Waals surface area contributed by atoms with Gasteiger partial charge in [-0.3, -0.25) is 0 Å². The molecule has 0 fully saturated rings. The van der Waals surface area contributed by atoms with E-state index >= 15 is 0 Å². The first-order chi connectivity index (χ1) is 10.0. The van der Waals surface area contributed by atoms with Crippen LogP contribution in [0.15, 0.2) is 41.1 Å². The van der Waals surface area contributed by atoms with Gasteiger partial charge in [0.15, 0.2) is 0 Å². The van der Waals surface area contributed by atoms with E-state index in [1.165, 1.54) is 5.56 Å². The fraction of sp³-hybridized carbons (Fsp3) is 0.375. The molecular weight excluding hydrogens is 295 g/mol. The third-order valence-corrected chi connectivity index (χ3v) is 4.03. The Bertz CT molecular complexity index is 532. The zero-order valence-electron chi connectivity index (χ0n) is 11.8. The molecule has 1 atom stereocenters. The molecule has 114 valence electrons. The Kier molecular flexibility index (Phi) is 5.42. The van der Waals surface area contributed by atoms with Crippen LogP contribution in [0.1, 0.15) is 36.1 Å². The maximum atomic E-state index is 12.6. The number of alkyl halides is 3. The van der Waals surface area contributed by atoms with Gasteiger partial charge in [-0.15, -0.1) is 0 Å². The van der Waals surface area contributed by atoms with Crippen molar-refractivity contribution in [1.29, 1.82) is 0 Å². The summed E-state index contributed by atoms with van der Waals surface area (Å²) >= 11 is 1.63. The van der Waals surface area contributed by atoms with E-state index < -0.39 is 11.7 Å². The Balaban J connectivity index is 2.15. The molecule has 0 aliphatic rings. The summed E-state index contributed by atoms with van der Waals surface area (Å²) < 4.78 is 37.8. The number of nitrogens with one attached hydrogen (secondary N) is 1. The highest BCUT2D eigenvalue weighted by Crippen LogP contribution is 2.30. The predicted molar refractivity (Wildman–Crippen MR) is 80.5 cm³/mol. The van der Waals surface area contributed by atoms with Gasteiger partial charge in [0.05, 0.1) is 5.56 Å². The zero-order valence-corrected chi connectivity index (χ0v) is 12.6. The van der Waals surface area contributed by atoms with Crippen LogP contribution >= 0.6 is 11.3 Å². The largest absolute Gasteiger partial charge is 0.416 e. The second kappa shape index (κ2) is 7.09. The van der Waals surface area contributed by atoms with Crippen LogP contribution < -0.4 is 5.32 Å². The maximum Gasteiger partial charge on any atom is 0.416 e. The summed E-state index contributed by atoms with van der Waals surface area (Å²) in [5.41, 5.74) is 1.49.